The Morgan fingerprint density at radius 2 is 1.70 bits per heavy atom. The van der Waals surface area contributed by atoms with Gasteiger partial charge in [0.15, 0.2) is 13.1 Å². The summed E-state index contributed by atoms with van der Waals surface area (Å²) in [6.45, 7) is 5.24. The highest BCUT2D eigenvalue weighted by atomic mass is 79.9. The zero-order valence-corrected chi connectivity index (χ0v) is 14.8. The van der Waals surface area contributed by atoms with Crippen molar-refractivity contribution in [1.29, 1.82) is 0 Å². The SMILES string of the molecule is CCNC(=O)C[NH+](CC)CC(=O)NNC(=O)c1ccccc1Br. The molecule has 1 aromatic carbocycles. The molecule has 126 valence electrons. The molecule has 1 aromatic rings. The number of nitrogens with one attached hydrogen (secondary N) is 4. The summed E-state index contributed by atoms with van der Waals surface area (Å²) < 4.78 is 0.642. The van der Waals surface area contributed by atoms with Gasteiger partial charge in [-0.1, -0.05) is 12.1 Å². The number of halogens is 1. The highest BCUT2D eigenvalue weighted by Gasteiger charge is 2.17. The molecule has 3 amide bonds. The van der Waals surface area contributed by atoms with Crippen LogP contribution >= 0.6 is 15.9 Å². The zero-order chi connectivity index (χ0) is 17.2. The summed E-state index contributed by atoms with van der Waals surface area (Å²) in [5.41, 5.74) is 5.16. The summed E-state index contributed by atoms with van der Waals surface area (Å²) in [7, 11) is 0. The molecule has 8 heteroatoms. The van der Waals surface area contributed by atoms with Crippen molar-refractivity contribution in [3.05, 3.63) is 34.3 Å². The van der Waals surface area contributed by atoms with Crippen molar-refractivity contribution in [2.24, 2.45) is 0 Å². The lowest BCUT2D eigenvalue weighted by Gasteiger charge is -2.16. The molecule has 0 heterocycles. The van der Waals surface area contributed by atoms with Crippen LogP contribution in [0.15, 0.2) is 28.7 Å². The van der Waals surface area contributed by atoms with Crippen molar-refractivity contribution < 1.29 is 19.3 Å². The number of hydrazine groups is 1. The molecular weight excluding hydrogens is 364 g/mol. The van der Waals surface area contributed by atoms with E-state index in [9.17, 15) is 14.4 Å². The Bertz CT molecular complexity index is 565. The molecule has 0 fully saturated rings. The van der Waals surface area contributed by atoms with Crippen LogP contribution in [0.1, 0.15) is 24.2 Å². The van der Waals surface area contributed by atoms with Crippen molar-refractivity contribution in [3.63, 3.8) is 0 Å². The number of amides is 3. The Morgan fingerprint density at radius 3 is 2.30 bits per heavy atom. The molecule has 0 bridgehead atoms. The molecule has 1 rings (SSSR count). The van der Waals surface area contributed by atoms with Gasteiger partial charge in [-0.2, -0.15) is 0 Å². The minimum Gasteiger partial charge on any atom is -0.351 e. The van der Waals surface area contributed by atoms with Gasteiger partial charge in [-0.3, -0.25) is 25.2 Å². The van der Waals surface area contributed by atoms with E-state index in [1.165, 1.54) is 0 Å². The first kappa shape index (κ1) is 19.1. The standard InChI is InChI=1S/C15H21BrN4O3/c1-3-17-13(21)9-20(4-2)10-14(22)18-19-15(23)11-7-5-6-8-12(11)16/h5-8H,3-4,9-10H2,1-2H3,(H,17,21)(H,18,22)(H,19,23)/p+1. The average molecular weight is 386 g/mol. The summed E-state index contributed by atoms with van der Waals surface area (Å²) in [5, 5.41) is 2.70. The molecule has 4 N–H and O–H groups in total. The van der Waals surface area contributed by atoms with Gasteiger partial charge in [0, 0.05) is 11.0 Å². The number of carbonyl (C=O) groups is 3. The topological polar surface area (TPSA) is 91.7 Å². The first-order valence-electron chi connectivity index (χ1n) is 7.41. The normalized spacial score (nSPS) is 11.4. The molecule has 0 spiro atoms. The van der Waals surface area contributed by atoms with Crippen LogP contribution in [0.3, 0.4) is 0 Å². The van der Waals surface area contributed by atoms with Gasteiger partial charge >= 0.3 is 0 Å². The molecule has 0 aliphatic heterocycles. The second kappa shape index (κ2) is 9.96. The maximum Gasteiger partial charge on any atom is 0.293 e. The molecule has 23 heavy (non-hydrogen) atoms. The Hall–Kier alpha value is -1.93. The van der Waals surface area contributed by atoms with Crippen LogP contribution in [0.2, 0.25) is 0 Å². The van der Waals surface area contributed by atoms with Crippen molar-refractivity contribution >= 4 is 33.7 Å². The van der Waals surface area contributed by atoms with Crippen LogP contribution in [0.25, 0.3) is 0 Å². The van der Waals surface area contributed by atoms with E-state index >= 15 is 0 Å². The second-order valence-electron chi connectivity index (χ2n) is 4.89. The number of likely N-dealkylation sites (N-methyl/N-ethyl adjacent to an activating group) is 2. The summed E-state index contributed by atoms with van der Waals surface area (Å²) in [5.74, 6) is -0.867. The monoisotopic (exact) mass is 385 g/mol. The molecule has 7 nitrogen and oxygen atoms in total. The van der Waals surface area contributed by atoms with E-state index in [0.29, 0.717) is 23.1 Å². The van der Waals surface area contributed by atoms with Crippen LogP contribution < -0.4 is 21.1 Å². The summed E-state index contributed by atoms with van der Waals surface area (Å²) in [6.07, 6.45) is 0. The van der Waals surface area contributed by atoms with Crippen molar-refractivity contribution in [2.75, 3.05) is 26.2 Å². The van der Waals surface area contributed by atoms with Gasteiger partial charge in [-0.25, -0.2) is 0 Å². The van der Waals surface area contributed by atoms with Gasteiger partial charge in [0.25, 0.3) is 17.7 Å². The maximum atomic E-state index is 12.0. The van der Waals surface area contributed by atoms with Gasteiger partial charge in [0.1, 0.15) is 0 Å². The molecule has 0 aliphatic rings. The first-order valence-corrected chi connectivity index (χ1v) is 8.21. The number of hydrogen-bond donors (Lipinski definition) is 4. The predicted octanol–water partition coefficient (Wildman–Crippen LogP) is -0.749. The summed E-state index contributed by atoms with van der Waals surface area (Å²) in [4.78, 5) is 36.2. The van der Waals surface area contributed by atoms with Crippen molar-refractivity contribution in [3.8, 4) is 0 Å². The van der Waals surface area contributed by atoms with Crippen molar-refractivity contribution in [2.45, 2.75) is 13.8 Å². The Kier molecular flexibility index (Phi) is 8.28. The average Bonchev–Trinajstić information content (AvgIpc) is 2.52. The van der Waals surface area contributed by atoms with E-state index in [4.69, 9.17) is 0 Å². The van der Waals surface area contributed by atoms with Crippen LogP contribution in [-0.2, 0) is 9.59 Å². The third-order valence-electron chi connectivity index (χ3n) is 3.13. The molecule has 0 saturated carbocycles. The van der Waals surface area contributed by atoms with Crippen LogP contribution in [0.4, 0.5) is 0 Å². The Labute approximate surface area is 143 Å². The summed E-state index contributed by atoms with van der Waals surface area (Å²) in [6, 6.07) is 6.91. The van der Waals surface area contributed by atoms with Crippen LogP contribution in [-0.4, -0.2) is 43.9 Å². The highest BCUT2D eigenvalue weighted by molar-refractivity contribution is 9.10. The van der Waals surface area contributed by atoms with E-state index in [0.717, 1.165) is 4.90 Å². The van der Waals surface area contributed by atoms with Gasteiger partial charge in [-0.05, 0) is 41.9 Å². The minimum atomic E-state index is -0.410. The molecule has 0 aliphatic carbocycles. The third-order valence-corrected chi connectivity index (χ3v) is 3.82. The quantitative estimate of drug-likeness (QED) is 0.465. The Balaban J connectivity index is 2.45. The van der Waals surface area contributed by atoms with Crippen LogP contribution in [0.5, 0.6) is 0 Å². The molecule has 0 aromatic heterocycles. The highest BCUT2D eigenvalue weighted by Crippen LogP contribution is 2.14. The van der Waals surface area contributed by atoms with E-state index < -0.39 is 5.91 Å². The first-order chi connectivity index (χ1) is 11.0. The lowest BCUT2D eigenvalue weighted by molar-refractivity contribution is -0.881. The lowest BCUT2D eigenvalue weighted by Crippen LogP contribution is -3.14. The maximum absolute atomic E-state index is 12.0. The fourth-order valence-corrected chi connectivity index (χ4v) is 2.37. The van der Waals surface area contributed by atoms with Crippen LogP contribution in [0, 0.1) is 0 Å². The van der Waals surface area contributed by atoms with E-state index in [1.807, 2.05) is 13.8 Å². The van der Waals surface area contributed by atoms with E-state index in [1.54, 1.807) is 24.3 Å². The number of benzene rings is 1. The second-order valence-corrected chi connectivity index (χ2v) is 5.75. The fraction of sp³-hybridized carbons (Fsp3) is 0.400. The molecular formula is C15H22BrN4O3+. The van der Waals surface area contributed by atoms with Gasteiger partial charge in [-0.15, -0.1) is 0 Å². The largest absolute Gasteiger partial charge is 0.351 e. The molecule has 1 atom stereocenters. The fourth-order valence-electron chi connectivity index (χ4n) is 1.91. The van der Waals surface area contributed by atoms with Gasteiger partial charge < -0.3 is 10.2 Å². The minimum absolute atomic E-state index is 0.101. The van der Waals surface area contributed by atoms with Crippen molar-refractivity contribution in [1.82, 2.24) is 16.2 Å². The summed E-state index contributed by atoms with van der Waals surface area (Å²) >= 11 is 3.28. The number of rotatable bonds is 7. The smallest absolute Gasteiger partial charge is 0.293 e. The van der Waals surface area contributed by atoms with Gasteiger partial charge in [0.2, 0.25) is 0 Å². The lowest BCUT2D eigenvalue weighted by atomic mass is 10.2. The molecule has 0 radical (unpaired) electrons. The predicted molar refractivity (Wildman–Crippen MR) is 89.7 cm³/mol. The third kappa shape index (κ3) is 6.79. The zero-order valence-electron chi connectivity index (χ0n) is 13.2. The van der Waals surface area contributed by atoms with E-state index in [-0.39, 0.29) is 24.9 Å². The molecule has 1 unspecified atom stereocenters. The van der Waals surface area contributed by atoms with Gasteiger partial charge in [0.05, 0.1) is 12.1 Å². The van der Waals surface area contributed by atoms with E-state index in [2.05, 4.69) is 32.1 Å². The number of hydrogen-bond acceptors (Lipinski definition) is 3. The number of carbonyl (C=O) groups excluding carboxylic acids is 3. The molecule has 0 saturated heterocycles. The Morgan fingerprint density at radius 1 is 1.04 bits per heavy atom. The number of quaternary nitrogens is 1.